The van der Waals surface area contributed by atoms with E-state index in [1.54, 1.807) is 0 Å². The van der Waals surface area contributed by atoms with Crippen molar-refractivity contribution in [3.8, 4) is 0 Å². The Morgan fingerprint density at radius 1 is 1.26 bits per heavy atom. The normalized spacial score (nSPS) is 20.2. The predicted molar refractivity (Wildman–Crippen MR) is 80.6 cm³/mol. The Balaban J connectivity index is 1.93. The average molecular weight is 282 g/mol. The molecule has 2 rings (SSSR count). The second-order valence-electron chi connectivity index (χ2n) is 5.82. The first-order valence-corrected chi connectivity index (χ1v) is 7.57. The minimum atomic E-state index is 0.373. The van der Waals surface area contributed by atoms with Gasteiger partial charge in [0.15, 0.2) is 0 Å². The van der Waals surface area contributed by atoms with Crippen LogP contribution < -0.4 is 5.32 Å². The van der Waals surface area contributed by atoms with Crippen LogP contribution in [-0.2, 0) is 4.74 Å². The van der Waals surface area contributed by atoms with Gasteiger partial charge < -0.3 is 10.1 Å². The Bertz CT molecular complexity index is 384. The predicted octanol–water partition coefficient (Wildman–Crippen LogP) is 4.20. The van der Waals surface area contributed by atoms with Crippen LogP contribution in [0.15, 0.2) is 24.3 Å². The van der Waals surface area contributed by atoms with E-state index in [0.717, 1.165) is 44.0 Å². The van der Waals surface area contributed by atoms with E-state index in [1.165, 1.54) is 5.56 Å². The highest BCUT2D eigenvalue weighted by Crippen LogP contribution is 2.30. The van der Waals surface area contributed by atoms with Crippen molar-refractivity contribution in [3.63, 3.8) is 0 Å². The van der Waals surface area contributed by atoms with Gasteiger partial charge in [0.25, 0.3) is 0 Å². The average Bonchev–Trinajstić information content (AvgIpc) is 2.42. The van der Waals surface area contributed by atoms with Crippen molar-refractivity contribution < 1.29 is 4.74 Å². The summed E-state index contributed by atoms with van der Waals surface area (Å²) >= 11 is 5.95. The molecular formula is C16H24ClNO. The van der Waals surface area contributed by atoms with Crippen molar-refractivity contribution in [2.75, 3.05) is 19.8 Å². The van der Waals surface area contributed by atoms with Gasteiger partial charge in [-0.05, 0) is 42.4 Å². The molecule has 0 aromatic heterocycles. The van der Waals surface area contributed by atoms with Gasteiger partial charge in [0.1, 0.15) is 0 Å². The fourth-order valence-electron chi connectivity index (χ4n) is 2.60. The second kappa shape index (κ2) is 6.74. The molecule has 1 aromatic carbocycles. The fraction of sp³-hybridized carbons (Fsp3) is 0.625. The third-order valence-corrected chi connectivity index (χ3v) is 4.41. The summed E-state index contributed by atoms with van der Waals surface area (Å²) in [6, 6.07) is 8.59. The molecular weight excluding hydrogens is 258 g/mol. The maximum Gasteiger partial charge on any atom is 0.0471 e. The highest BCUT2D eigenvalue weighted by atomic mass is 35.5. The molecule has 1 aromatic rings. The molecule has 19 heavy (non-hydrogen) atoms. The summed E-state index contributed by atoms with van der Waals surface area (Å²) in [5.41, 5.74) is 1.69. The van der Waals surface area contributed by atoms with Gasteiger partial charge >= 0.3 is 0 Å². The largest absolute Gasteiger partial charge is 0.381 e. The smallest absolute Gasteiger partial charge is 0.0471 e. The van der Waals surface area contributed by atoms with Gasteiger partial charge in [0, 0.05) is 30.8 Å². The molecule has 1 heterocycles. The first kappa shape index (κ1) is 14.8. The minimum Gasteiger partial charge on any atom is -0.381 e. The molecule has 0 bridgehead atoms. The molecule has 1 saturated heterocycles. The van der Waals surface area contributed by atoms with Gasteiger partial charge in [-0.2, -0.15) is 0 Å². The first-order chi connectivity index (χ1) is 9.13. The van der Waals surface area contributed by atoms with Crippen molar-refractivity contribution in [1.29, 1.82) is 0 Å². The van der Waals surface area contributed by atoms with Crippen molar-refractivity contribution in [3.05, 3.63) is 34.9 Å². The fourth-order valence-corrected chi connectivity index (χ4v) is 2.73. The van der Waals surface area contributed by atoms with E-state index in [-0.39, 0.29) is 0 Å². The van der Waals surface area contributed by atoms with Crippen LogP contribution in [0.5, 0.6) is 0 Å². The Kier molecular flexibility index (Phi) is 5.26. The number of benzene rings is 1. The third-order valence-electron chi connectivity index (χ3n) is 4.16. The maximum atomic E-state index is 5.95. The number of rotatable bonds is 5. The van der Waals surface area contributed by atoms with Gasteiger partial charge in [-0.3, -0.25) is 0 Å². The molecule has 0 spiro atoms. The van der Waals surface area contributed by atoms with Crippen molar-refractivity contribution in [2.24, 2.45) is 5.41 Å². The molecule has 1 aliphatic heterocycles. The summed E-state index contributed by atoms with van der Waals surface area (Å²) in [7, 11) is 0. The Hall–Kier alpha value is -0.570. The van der Waals surface area contributed by atoms with Crippen LogP contribution in [0.1, 0.15) is 44.7 Å². The molecule has 1 N–H and O–H groups in total. The van der Waals surface area contributed by atoms with Crippen LogP contribution in [-0.4, -0.2) is 19.8 Å². The summed E-state index contributed by atoms with van der Waals surface area (Å²) in [5.74, 6) is 0. The lowest BCUT2D eigenvalue weighted by Crippen LogP contribution is -2.38. The molecule has 1 unspecified atom stereocenters. The number of hydrogen-bond donors (Lipinski definition) is 1. The van der Waals surface area contributed by atoms with Crippen molar-refractivity contribution in [2.45, 2.75) is 39.2 Å². The van der Waals surface area contributed by atoms with Crippen LogP contribution >= 0.6 is 11.6 Å². The molecule has 106 valence electrons. The first-order valence-electron chi connectivity index (χ1n) is 7.19. The zero-order valence-electron chi connectivity index (χ0n) is 11.9. The highest BCUT2D eigenvalue weighted by molar-refractivity contribution is 6.30. The second-order valence-corrected chi connectivity index (χ2v) is 6.25. The number of ether oxygens (including phenoxy) is 1. The Morgan fingerprint density at radius 2 is 1.89 bits per heavy atom. The third kappa shape index (κ3) is 4.20. The van der Waals surface area contributed by atoms with Crippen LogP contribution in [0.25, 0.3) is 0 Å². The molecule has 0 aliphatic carbocycles. The maximum absolute atomic E-state index is 5.95. The molecule has 1 aliphatic rings. The number of halogens is 1. The number of nitrogens with one attached hydrogen (secondary N) is 1. The molecule has 1 atom stereocenters. The molecule has 0 radical (unpaired) electrons. The molecule has 0 amide bonds. The van der Waals surface area contributed by atoms with Crippen LogP contribution in [0.2, 0.25) is 5.02 Å². The summed E-state index contributed by atoms with van der Waals surface area (Å²) in [6.45, 7) is 7.43. The van der Waals surface area contributed by atoms with E-state index >= 15 is 0 Å². The monoisotopic (exact) mass is 281 g/mol. The van der Waals surface area contributed by atoms with Crippen molar-refractivity contribution >= 4 is 11.6 Å². The molecule has 3 heteroatoms. The summed E-state index contributed by atoms with van der Waals surface area (Å²) < 4.78 is 5.45. The number of hydrogen-bond acceptors (Lipinski definition) is 2. The minimum absolute atomic E-state index is 0.373. The van der Waals surface area contributed by atoms with E-state index < -0.39 is 0 Å². The van der Waals surface area contributed by atoms with E-state index in [9.17, 15) is 0 Å². The lowest BCUT2D eigenvalue weighted by atomic mass is 9.82. The van der Waals surface area contributed by atoms with Gasteiger partial charge in [-0.25, -0.2) is 0 Å². The summed E-state index contributed by atoms with van der Waals surface area (Å²) in [5, 5.41) is 4.52. The lowest BCUT2D eigenvalue weighted by molar-refractivity contribution is 0.0228. The highest BCUT2D eigenvalue weighted by Gasteiger charge is 2.27. The van der Waals surface area contributed by atoms with E-state index in [1.807, 2.05) is 12.1 Å². The van der Waals surface area contributed by atoms with E-state index in [4.69, 9.17) is 16.3 Å². The molecule has 1 fully saturated rings. The Labute approximate surface area is 121 Å². The van der Waals surface area contributed by atoms with Crippen LogP contribution in [0.3, 0.4) is 0 Å². The van der Waals surface area contributed by atoms with Gasteiger partial charge in [-0.1, -0.05) is 37.6 Å². The topological polar surface area (TPSA) is 21.3 Å². The van der Waals surface area contributed by atoms with Gasteiger partial charge in [0.05, 0.1) is 0 Å². The SMILES string of the molecule is CCC(NCC1(C)CCOCC1)c1ccc(Cl)cc1. The quantitative estimate of drug-likeness (QED) is 0.873. The van der Waals surface area contributed by atoms with Gasteiger partial charge in [-0.15, -0.1) is 0 Å². The summed E-state index contributed by atoms with van der Waals surface area (Å²) in [6.07, 6.45) is 3.39. The van der Waals surface area contributed by atoms with Crippen molar-refractivity contribution in [1.82, 2.24) is 5.32 Å². The van der Waals surface area contributed by atoms with Crippen LogP contribution in [0.4, 0.5) is 0 Å². The van der Waals surface area contributed by atoms with Gasteiger partial charge in [0.2, 0.25) is 0 Å². The van der Waals surface area contributed by atoms with Crippen LogP contribution in [0, 0.1) is 5.41 Å². The van der Waals surface area contributed by atoms with E-state index in [2.05, 4.69) is 31.3 Å². The van der Waals surface area contributed by atoms with E-state index in [0.29, 0.717) is 11.5 Å². The standard InChI is InChI=1S/C16H24ClNO/c1-3-15(13-4-6-14(17)7-5-13)18-12-16(2)8-10-19-11-9-16/h4-7,15,18H,3,8-12H2,1-2H3. The summed E-state index contributed by atoms with van der Waals surface area (Å²) in [4.78, 5) is 0. The lowest BCUT2D eigenvalue weighted by Gasteiger charge is -2.35. The molecule has 2 nitrogen and oxygen atoms in total. The Morgan fingerprint density at radius 3 is 2.47 bits per heavy atom. The zero-order valence-corrected chi connectivity index (χ0v) is 12.7. The zero-order chi connectivity index (χ0) is 13.7. The molecule has 0 saturated carbocycles.